The van der Waals surface area contributed by atoms with E-state index in [0.29, 0.717) is 0 Å². The smallest absolute Gasteiger partial charge is 0.243 e. The maximum Gasteiger partial charge on any atom is 0.243 e. The van der Waals surface area contributed by atoms with E-state index in [9.17, 15) is 9.59 Å². The lowest BCUT2D eigenvalue weighted by Crippen LogP contribution is -2.35. The average molecular weight is 366 g/mol. The highest BCUT2D eigenvalue weighted by Crippen LogP contribution is 2.19. The maximum atomic E-state index is 12.0. The highest BCUT2D eigenvalue weighted by atomic mass is 32.2. The van der Waals surface area contributed by atoms with Crippen LogP contribution in [-0.2, 0) is 9.59 Å². The number of thioether (sulfide) groups is 1. The molecule has 130 valence electrons. The molecule has 0 unspecified atom stereocenters. The van der Waals surface area contributed by atoms with Gasteiger partial charge < -0.3 is 15.5 Å². The number of carbonyl (C=O) groups is 2. The summed E-state index contributed by atoms with van der Waals surface area (Å²) in [7, 11) is 0. The van der Waals surface area contributed by atoms with Gasteiger partial charge in [-0.1, -0.05) is 42.2 Å². The molecule has 1 aromatic rings. The quantitative estimate of drug-likeness (QED) is 0.785. The topological polar surface area (TPSA) is 61.4 Å². The lowest BCUT2D eigenvalue weighted by atomic mass is 10.1. The number of aryl methyl sites for hydroxylation is 2. The van der Waals surface area contributed by atoms with Crippen molar-refractivity contribution in [2.45, 2.75) is 26.7 Å². The van der Waals surface area contributed by atoms with Gasteiger partial charge in [0.25, 0.3) is 0 Å². The Labute approximate surface area is 152 Å². The van der Waals surface area contributed by atoms with Crippen molar-refractivity contribution in [1.29, 1.82) is 0 Å². The molecule has 1 aliphatic heterocycles. The Balaban J connectivity index is 1.71. The Bertz CT molecular complexity index is 608. The van der Waals surface area contributed by atoms with Crippen LogP contribution in [0.4, 0.5) is 5.69 Å². The molecule has 7 heteroatoms. The van der Waals surface area contributed by atoms with Crippen LogP contribution in [0.1, 0.15) is 24.0 Å². The van der Waals surface area contributed by atoms with E-state index in [-0.39, 0.29) is 24.1 Å². The molecular weight excluding hydrogens is 342 g/mol. The first kappa shape index (κ1) is 18.7. The molecule has 1 aliphatic rings. The third-order valence-corrected chi connectivity index (χ3v) is 5.41. The summed E-state index contributed by atoms with van der Waals surface area (Å²) in [5.74, 6) is -0.169. The minimum atomic E-state index is -0.229. The van der Waals surface area contributed by atoms with Crippen LogP contribution >= 0.6 is 24.0 Å². The molecule has 2 rings (SSSR count). The Hall–Kier alpha value is -1.60. The molecule has 24 heavy (non-hydrogen) atoms. The molecule has 0 aliphatic carbocycles. The zero-order chi connectivity index (χ0) is 17.5. The molecule has 0 spiro atoms. The van der Waals surface area contributed by atoms with Crippen LogP contribution in [0.3, 0.4) is 0 Å². The second-order valence-electron chi connectivity index (χ2n) is 5.84. The monoisotopic (exact) mass is 365 g/mol. The number of nitrogens with zero attached hydrogens (tertiary/aromatic N) is 1. The van der Waals surface area contributed by atoms with Gasteiger partial charge in [0, 0.05) is 18.8 Å². The molecule has 0 bridgehead atoms. The van der Waals surface area contributed by atoms with E-state index in [0.717, 1.165) is 47.1 Å². The Morgan fingerprint density at radius 1 is 1.17 bits per heavy atom. The van der Waals surface area contributed by atoms with Crippen molar-refractivity contribution in [1.82, 2.24) is 10.2 Å². The minimum absolute atomic E-state index is 0.0381. The number of nitrogens with one attached hydrogen (secondary N) is 2. The number of rotatable bonds is 5. The second-order valence-corrected chi connectivity index (χ2v) is 7.45. The van der Waals surface area contributed by atoms with Crippen molar-refractivity contribution < 1.29 is 9.59 Å². The average Bonchev–Trinajstić information content (AvgIpc) is 3.09. The first-order valence-corrected chi connectivity index (χ1v) is 9.41. The van der Waals surface area contributed by atoms with Gasteiger partial charge in [-0.3, -0.25) is 9.59 Å². The van der Waals surface area contributed by atoms with Crippen molar-refractivity contribution in [3.63, 3.8) is 0 Å². The predicted octanol–water partition coefficient (Wildman–Crippen LogP) is 2.47. The first-order valence-electron chi connectivity index (χ1n) is 8.02. The fourth-order valence-electron chi connectivity index (χ4n) is 2.54. The summed E-state index contributed by atoms with van der Waals surface area (Å²) in [6.45, 7) is 5.80. The van der Waals surface area contributed by atoms with Crippen molar-refractivity contribution in [3.05, 3.63) is 29.3 Å². The van der Waals surface area contributed by atoms with Crippen LogP contribution in [0.25, 0.3) is 0 Å². The number of thiocarbonyl (C=S) groups is 1. The lowest BCUT2D eigenvalue weighted by molar-refractivity contribution is -0.122. The molecule has 0 radical (unpaired) electrons. The van der Waals surface area contributed by atoms with Crippen molar-refractivity contribution in [2.24, 2.45) is 0 Å². The van der Waals surface area contributed by atoms with E-state index < -0.39 is 0 Å². The van der Waals surface area contributed by atoms with Crippen molar-refractivity contribution in [3.8, 4) is 0 Å². The van der Waals surface area contributed by atoms with Gasteiger partial charge in [0.2, 0.25) is 11.8 Å². The molecule has 1 aromatic carbocycles. The number of hydrogen-bond acceptors (Lipinski definition) is 4. The summed E-state index contributed by atoms with van der Waals surface area (Å²) >= 11 is 6.67. The van der Waals surface area contributed by atoms with E-state index in [1.165, 1.54) is 11.8 Å². The van der Waals surface area contributed by atoms with Crippen molar-refractivity contribution in [2.75, 3.05) is 30.7 Å². The molecule has 1 saturated heterocycles. The first-order chi connectivity index (χ1) is 11.5. The summed E-state index contributed by atoms with van der Waals surface area (Å²) < 4.78 is 0.766. The summed E-state index contributed by atoms with van der Waals surface area (Å²) in [5, 5.41) is 5.49. The predicted molar refractivity (Wildman–Crippen MR) is 103 cm³/mol. The zero-order valence-electron chi connectivity index (χ0n) is 14.1. The number of carbonyl (C=O) groups excluding carboxylic acids is 2. The molecule has 0 atom stereocenters. The van der Waals surface area contributed by atoms with Crippen LogP contribution in [-0.4, -0.2) is 46.4 Å². The normalized spacial score (nSPS) is 13.7. The molecule has 0 saturated carbocycles. The number of hydrogen-bond donors (Lipinski definition) is 2. The van der Waals surface area contributed by atoms with Crippen LogP contribution in [0.2, 0.25) is 0 Å². The highest BCUT2D eigenvalue weighted by molar-refractivity contribution is 8.23. The largest absolute Gasteiger partial charge is 0.358 e. The van der Waals surface area contributed by atoms with Gasteiger partial charge in [0.1, 0.15) is 4.32 Å². The molecule has 1 heterocycles. The van der Waals surface area contributed by atoms with Gasteiger partial charge in [-0.15, -0.1) is 0 Å². The van der Waals surface area contributed by atoms with Crippen LogP contribution in [0.15, 0.2) is 18.2 Å². The van der Waals surface area contributed by atoms with E-state index in [1.54, 1.807) is 0 Å². The number of benzene rings is 1. The van der Waals surface area contributed by atoms with Gasteiger partial charge in [-0.05, 0) is 37.8 Å². The zero-order valence-corrected chi connectivity index (χ0v) is 15.7. The highest BCUT2D eigenvalue weighted by Gasteiger charge is 2.16. The van der Waals surface area contributed by atoms with E-state index in [4.69, 9.17) is 12.2 Å². The fraction of sp³-hybridized carbons (Fsp3) is 0.471. The van der Waals surface area contributed by atoms with Crippen LogP contribution < -0.4 is 10.6 Å². The standard InChI is InChI=1S/C17H23N3O2S2/c1-12-6-5-7-13(2)16(12)19-14(21)10-18-15(22)11-24-17(23)20-8-3-4-9-20/h5-7H,3-4,8-11H2,1-2H3,(H,18,22)(H,19,21). The van der Waals surface area contributed by atoms with Gasteiger partial charge in [0.15, 0.2) is 0 Å². The summed E-state index contributed by atoms with van der Waals surface area (Å²) in [4.78, 5) is 26.0. The third-order valence-electron chi connectivity index (χ3n) is 3.88. The SMILES string of the molecule is Cc1cccc(C)c1NC(=O)CNC(=O)CSC(=S)N1CCCC1. The van der Waals surface area contributed by atoms with Gasteiger partial charge in [0.05, 0.1) is 12.3 Å². The second kappa shape index (κ2) is 9.03. The Morgan fingerprint density at radius 2 is 1.79 bits per heavy atom. The Morgan fingerprint density at radius 3 is 2.42 bits per heavy atom. The molecular formula is C17H23N3O2S2. The summed E-state index contributed by atoms with van der Waals surface area (Å²) in [6, 6.07) is 5.83. The number of para-hydroxylation sites is 1. The molecule has 2 amide bonds. The van der Waals surface area contributed by atoms with E-state index in [2.05, 4.69) is 15.5 Å². The summed E-state index contributed by atoms with van der Waals surface area (Å²) in [5.41, 5.74) is 2.81. The maximum absolute atomic E-state index is 12.0. The van der Waals surface area contributed by atoms with Crippen LogP contribution in [0.5, 0.6) is 0 Å². The third kappa shape index (κ3) is 5.49. The summed E-state index contributed by atoms with van der Waals surface area (Å²) in [6.07, 6.45) is 2.32. The molecule has 0 aromatic heterocycles. The minimum Gasteiger partial charge on any atom is -0.358 e. The fourth-order valence-corrected chi connectivity index (χ4v) is 3.62. The number of likely N-dealkylation sites (tertiary alicyclic amines) is 1. The Kier molecular flexibility index (Phi) is 7.05. The lowest BCUT2D eigenvalue weighted by Gasteiger charge is -2.17. The number of amides is 2. The van der Waals surface area contributed by atoms with Gasteiger partial charge in [-0.25, -0.2) is 0 Å². The molecule has 2 N–H and O–H groups in total. The van der Waals surface area contributed by atoms with Crippen molar-refractivity contribution >= 4 is 45.8 Å². The van der Waals surface area contributed by atoms with E-state index in [1.807, 2.05) is 32.0 Å². The molecule has 5 nitrogen and oxygen atoms in total. The molecule has 1 fully saturated rings. The number of anilines is 1. The van der Waals surface area contributed by atoms with Crippen LogP contribution in [0, 0.1) is 13.8 Å². The van der Waals surface area contributed by atoms with Gasteiger partial charge >= 0.3 is 0 Å². The van der Waals surface area contributed by atoms with Gasteiger partial charge in [-0.2, -0.15) is 0 Å². The van der Waals surface area contributed by atoms with E-state index >= 15 is 0 Å².